The van der Waals surface area contributed by atoms with Gasteiger partial charge in [0.05, 0.1) is 13.7 Å². The Morgan fingerprint density at radius 1 is 1.15 bits per heavy atom. The first-order valence-corrected chi connectivity index (χ1v) is 8.15. The van der Waals surface area contributed by atoms with Crippen LogP contribution in [0.15, 0.2) is 36.4 Å². The molecule has 0 fully saturated rings. The van der Waals surface area contributed by atoms with Crippen LogP contribution in [0.25, 0.3) is 0 Å². The molecule has 9 heteroatoms. The Labute approximate surface area is 159 Å². The smallest absolute Gasteiger partial charge is 0.387 e. The molecule has 2 N–H and O–H groups in total. The van der Waals surface area contributed by atoms with Crippen molar-refractivity contribution >= 4 is 29.1 Å². The fourth-order valence-electron chi connectivity index (χ4n) is 2.14. The molecule has 6 nitrogen and oxygen atoms in total. The number of benzene rings is 2. The number of carbonyl (C=O) groups is 2. The lowest BCUT2D eigenvalue weighted by atomic mass is 10.2. The van der Waals surface area contributed by atoms with E-state index in [1.54, 1.807) is 18.2 Å². The average molecular weight is 399 g/mol. The van der Waals surface area contributed by atoms with E-state index in [1.807, 2.05) is 6.92 Å². The summed E-state index contributed by atoms with van der Waals surface area (Å²) in [7, 11) is 1.26. The SMILES string of the molecule is COc1cc(C(=O)NCC(=O)Nc2ccc(C)c(Cl)c2)ccc1OC(F)F. The summed E-state index contributed by atoms with van der Waals surface area (Å²) in [5.41, 5.74) is 1.50. The molecule has 0 unspecified atom stereocenters. The van der Waals surface area contributed by atoms with Gasteiger partial charge in [-0.1, -0.05) is 17.7 Å². The first-order valence-electron chi connectivity index (χ1n) is 7.77. The first-order chi connectivity index (χ1) is 12.8. The minimum absolute atomic E-state index is 0.0262. The highest BCUT2D eigenvalue weighted by molar-refractivity contribution is 6.31. The largest absolute Gasteiger partial charge is 0.493 e. The Morgan fingerprint density at radius 3 is 2.52 bits per heavy atom. The highest BCUT2D eigenvalue weighted by Gasteiger charge is 2.15. The van der Waals surface area contributed by atoms with Crippen molar-refractivity contribution in [1.82, 2.24) is 5.32 Å². The Balaban J connectivity index is 1.96. The number of hydrogen-bond donors (Lipinski definition) is 2. The minimum Gasteiger partial charge on any atom is -0.493 e. The molecule has 2 aromatic carbocycles. The molecule has 2 amide bonds. The Kier molecular flexibility index (Phi) is 6.95. The molecule has 0 radical (unpaired) electrons. The number of carbonyl (C=O) groups excluding carboxylic acids is 2. The second-order valence-electron chi connectivity index (χ2n) is 5.44. The number of rotatable bonds is 7. The van der Waals surface area contributed by atoms with Crippen LogP contribution < -0.4 is 20.1 Å². The molecule has 2 rings (SSSR count). The van der Waals surface area contributed by atoms with E-state index in [0.29, 0.717) is 10.7 Å². The summed E-state index contributed by atoms with van der Waals surface area (Å²) in [6.07, 6.45) is 0. The van der Waals surface area contributed by atoms with Gasteiger partial charge in [-0.2, -0.15) is 8.78 Å². The van der Waals surface area contributed by atoms with Crippen LogP contribution >= 0.6 is 11.6 Å². The third-order valence-corrected chi connectivity index (χ3v) is 3.91. The maximum atomic E-state index is 12.3. The van der Waals surface area contributed by atoms with Crippen molar-refractivity contribution in [1.29, 1.82) is 0 Å². The Bertz CT molecular complexity index is 846. The zero-order chi connectivity index (χ0) is 20.0. The number of aryl methyl sites for hydroxylation is 1. The number of nitrogens with one attached hydrogen (secondary N) is 2. The van der Waals surface area contributed by atoms with Gasteiger partial charge in [0.15, 0.2) is 11.5 Å². The molecular weight excluding hydrogens is 382 g/mol. The van der Waals surface area contributed by atoms with Crippen molar-refractivity contribution < 1.29 is 27.8 Å². The Hall–Kier alpha value is -2.87. The number of methoxy groups -OCH3 is 1. The summed E-state index contributed by atoms with van der Waals surface area (Å²) in [5.74, 6) is -1.25. The number of alkyl halides is 2. The first kappa shape index (κ1) is 20.4. The summed E-state index contributed by atoms with van der Waals surface area (Å²) in [6.45, 7) is -1.47. The summed E-state index contributed by atoms with van der Waals surface area (Å²) >= 11 is 5.99. The zero-order valence-electron chi connectivity index (χ0n) is 14.5. The molecule has 0 spiro atoms. The van der Waals surface area contributed by atoms with Gasteiger partial charge < -0.3 is 20.1 Å². The van der Waals surface area contributed by atoms with E-state index in [4.69, 9.17) is 16.3 Å². The van der Waals surface area contributed by atoms with Crippen LogP contribution in [0.4, 0.5) is 14.5 Å². The number of halogens is 3. The fraction of sp³-hybridized carbons (Fsp3) is 0.222. The van der Waals surface area contributed by atoms with Crippen molar-refractivity contribution in [3.05, 3.63) is 52.5 Å². The van der Waals surface area contributed by atoms with Gasteiger partial charge >= 0.3 is 6.61 Å². The van der Waals surface area contributed by atoms with Gasteiger partial charge in [-0.25, -0.2) is 0 Å². The van der Waals surface area contributed by atoms with Gasteiger partial charge in [-0.05, 0) is 42.8 Å². The summed E-state index contributed by atoms with van der Waals surface area (Å²) in [4.78, 5) is 24.1. The van der Waals surface area contributed by atoms with Gasteiger partial charge in [0.25, 0.3) is 5.91 Å². The van der Waals surface area contributed by atoms with Crippen LogP contribution in [0.5, 0.6) is 11.5 Å². The maximum Gasteiger partial charge on any atom is 0.387 e. The lowest BCUT2D eigenvalue weighted by molar-refractivity contribution is -0.115. The number of ether oxygens (including phenoxy) is 2. The second-order valence-corrected chi connectivity index (χ2v) is 5.85. The monoisotopic (exact) mass is 398 g/mol. The molecule has 0 bridgehead atoms. The molecular formula is C18H17ClF2N2O4. The Morgan fingerprint density at radius 2 is 1.89 bits per heavy atom. The molecule has 0 heterocycles. The highest BCUT2D eigenvalue weighted by atomic mass is 35.5. The van der Waals surface area contributed by atoms with Crippen LogP contribution in [-0.4, -0.2) is 32.1 Å². The maximum absolute atomic E-state index is 12.3. The molecule has 144 valence electrons. The van der Waals surface area contributed by atoms with Crippen LogP contribution in [0.3, 0.4) is 0 Å². The molecule has 0 aliphatic rings. The number of amides is 2. The molecule has 0 atom stereocenters. The molecule has 0 aliphatic carbocycles. The molecule has 0 aromatic heterocycles. The predicted molar refractivity (Wildman–Crippen MR) is 96.8 cm³/mol. The van der Waals surface area contributed by atoms with E-state index in [-0.39, 0.29) is 23.6 Å². The predicted octanol–water partition coefficient (Wildman–Crippen LogP) is 3.63. The quantitative estimate of drug-likeness (QED) is 0.746. The summed E-state index contributed by atoms with van der Waals surface area (Å²) in [5, 5.41) is 5.54. The second kappa shape index (κ2) is 9.18. The van der Waals surface area contributed by atoms with Crippen molar-refractivity contribution in [2.24, 2.45) is 0 Å². The third-order valence-electron chi connectivity index (χ3n) is 3.51. The van der Waals surface area contributed by atoms with Crippen LogP contribution in [0, 0.1) is 6.92 Å². The molecule has 27 heavy (non-hydrogen) atoms. The van der Waals surface area contributed by atoms with Crippen molar-refractivity contribution in [2.45, 2.75) is 13.5 Å². The standard InChI is InChI=1S/C18H17ClF2N2O4/c1-10-3-5-12(8-13(10)19)23-16(24)9-22-17(25)11-4-6-14(27-18(20)21)15(7-11)26-2/h3-8,18H,9H2,1-2H3,(H,22,25)(H,23,24). The summed E-state index contributed by atoms with van der Waals surface area (Å²) in [6, 6.07) is 8.76. The van der Waals surface area contributed by atoms with Gasteiger partial charge in [0.2, 0.25) is 5.91 Å². The minimum atomic E-state index is -3.02. The van der Waals surface area contributed by atoms with Gasteiger partial charge in [0.1, 0.15) is 0 Å². The van der Waals surface area contributed by atoms with E-state index in [9.17, 15) is 18.4 Å². The fourth-order valence-corrected chi connectivity index (χ4v) is 2.32. The van der Waals surface area contributed by atoms with Gasteiger partial charge in [0, 0.05) is 16.3 Å². The topological polar surface area (TPSA) is 76.7 Å². The molecule has 0 saturated carbocycles. The molecule has 0 saturated heterocycles. The lowest BCUT2D eigenvalue weighted by Crippen LogP contribution is -2.32. The van der Waals surface area contributed by atoms with Gasteiger partial charge in [-0.3, -0.25) is 9.59 Å². The van der Waals surface area contributed by atoms with E-state index in [0.717, 1.165) is 5.56 Å². The van der Waals surface area contributed by atoms with Crippen molar-refractivity contribution in [2.75, 3.05) is 19.0 Å². The highest BCUT2D eigenvalue weighted by Crippen LogP contribution is 2.29. The molecule has 0 aliphatic heterocycles. The van der Waals surface area contributed by atoms with Gasteiger partial charge in [-0.15, -0.1) is 0 Å². The van der Waals surface area contributed by atoms with Crippen LogP contribution in [-0.2, 0) is 4.79 Å². The van der Waals surface area contributed by atoms with E-state index in [2.05, 4.69) is 15.4 Å². The van der Waals surface area contributed by atoms with E-state index in [1.165, 1.54) is 25.3 Å². The molecule has 2 aromatic rings. The van der Waals surface area contributed by atoms with Crippen molar-refractivity contribution in [3.8, 4) is 11.5 Å². The van der Waals surface area contributed by atoms with Crippen molar-refractivity contribution in [3.63, 3.8) is 0 Å². The summed E-state index contributed by atoms with van der Waals surface area (Å²) < 4.78 is 33.9. The number of hydrogen-bond acceptors (Lipinski definition) is 4. The van der Waals surface area contributed by atoms with Crippen LogP contribution in [0.2, 0.25) is 5.02 Å². The normalized spacial score (nSPS) is 10.4. The average Bonchev–Trinajstić information content (AvgIpc) is 2.62. The lowest BCUT2D eigenvalue weighted by Gasteiger charge is -2.12. The third kappa shape index (κ3) is 5.82. The van der Waals surface area contributed by atoms with E-state index < -0.39 is 18.4 Å². The number of anilines is 1. The zero-order valence-corrected chi connectivity index (χ0v) is 15.3. The van der Waals surface area contributed by atoms with E-state index >= 15 is 0 Å². The van der Waals surface area contributed by atoms with Crippen LogP contribution in [0.1, 0.15) is 15.9 Å².